The molecule has 2 bridgehead atoms. The van der Waals surface area contributed by atoms with Gasteiger partial charge in [-0.25, -0.2) is 0 Å². The highest BCUT2D eigenvalue weighted by Crippen LogP contribution is 2.60. The molecule has 3 fully saturated rings. The molecule has 3 saturated carbocycles. The lowest BCUT2D eigenvalue weighted by atomic mass is 9.67. The van der Waals surface area contributed by atoms with Gasteiger partial charge < -0.3 is 0 Å². The summed E-state index contributed by atoms with van der Waals surface area (Å²) in [6.07, 6.45) is 7.90. The van der Waals surface area contributed by atoms with Crippen molar-refractivity contribution < 1.29 is 0 Å². The van der Waals surface area contributed by atoms with Gasteiger partial charge in [0.15, 0.2) is 0 Å². The molecule has 0 nitrogen and oxygen atoms in total. The molecule has 0 aliphatic heterocycles. The minimum Gasteiger partial charge on any atom is -0.0622 e. The van der Waals surface area contributed by atoms with Crippen LogP contribution in [0, 0.1) is 29.6 Å². The molecule has 0 saturated heterocycles. The van der Waals surface area contributed by atoms with Crippen LogP contribution in [0.1, 0.15) is 39.0 Å². The number of rotatable bonds is 0. The first-order valence-corrected chi connectivity index (χ1v) is 5.34. The minimum atomic E-state index is 1.07. The van der Waals surface area contributed by atoms with Gasteiger partial charge >= 0.3 is 0 Å². The van der Waals surface area contributed by atoms with Crippen LogP contribution in [-0.2, 0) is 0 Å². The molecule has 0 heteroatoms. The Balaban J connectivity index is 1.83. The van der Waals surface area contributed by atoms with Crippen LogP contribution in [0.25, 0.3) is 0 Å². The van der Waals surface area contributed by atoms with Gasteiger partial charge in [0.25, 0.3) is 0 Å². The predicted molar refractivity (Wildman–Crippen MR) is 46.2 cm³/mol. The molecule has 3 aliphatic carbocycles. The molecule has 0 spiro atoms. The van der Waals surface area contributed by atoms with E-state index in [1.165, 1.54) is 11.8 Å². The second-order valence-electron chi connectivity index (χ2n) is 5.22. The van der Waals surface area contributed by atoms with Crippen molar-refractivity contribution in [1.29, 1.82) is 0 Å². The molecular weight excluding hydrogens is 132 g/mol. The van der Waals surface area contributed by atoms with Gasteiger partial charge in [-0.1, -0.05) is 19.8 Å². The Bertz CT molecular complexity index is 169. The highest BCUT2D eigenvalue weighted by atomic mass is 14.6. The van der Waals surface area contributed by atoms with E-state index >= 15 is 0 Å². The molecule has 0 aromatic carbocycles. The summed E-state index contributed by atoms with van der Waals surface area (Å²) < 4.78 is 0. The molecule has 5 atom stereocenters. The van der Waals surface area contributed by atoms with E-state index < -0.39 is 0 Å². The fraction of sp³-hybridized carbons (Fsp3) is 1.00. The monoisotopic (exact) mass is 150 g/mol. The topological polar surface area (TPSA) is 0 Å². The van der Waals surface area contributed by atoms with Crippen LogP contribution in [-0.4, -0.2) is 0 Å². The van der Waals surface area contributed by atoms with Crippen molar-refractivity contribution in [3.63, 3.8) is 0 Å². The summed E-state index contributed by atoms with van der Waals surface area (Å²) in [5.74, 6) is 5.78. The van der Waals surface area contributed by atoms with Gasteiger partial charge in [0, 0.05) is 0 Å². The third kappa shape index (κ3) is 0.878. The van der Waals surface area contributed by atoms with Crippen molar-refractivity contribution in [2.24, 2.45) is 29.6 Å². The molecule has 5 unspecified atom stereocenters. The molecule has 3 rings (SSSR count). The summed E-state index contributed by atoms with van der Waals surface area (Å²) in [6.45, 7) is 2.49. The van der Waals surface area contributed by atoms with E-state index in [9.17, 15) is 0 Å². The average Bonchev–Trinajstić information content (AvgIpc) is 2.75. The summed E-state index contributed by atoms with van der Waals surface area (Å²) in [5.41, 5.74) is 0. The molecule has 0 aromatic heterocycles. The third-order valence-electron chi connectivity index (χ3n) is 4.53. The maximum Gasteiger partial charge on any atom is -0.0352 e. The van der Waals surface area contributed by atoms with Gasteiger partial charge in [0.05, 0.1) is 0 Å². The van der Waals surface area contributed by atoms with Crippen LogP contribution in [0.2, 0.25) is 0 Å². The normalized spacial score (nSPS) is 60.3. The van der Waals surface area contributed by atoms with Crippen LogP contribution < -0.4 is 0 Å². The van der Waals surface area contributed by atoms with Crippen molar-refractivity contribution in [3.8, 4) is 0 Å². The number of fused-ring (bicyclic) bond motifs is 4. The van der Waals surface area contributed by atoms with Gasteiger partial charge in [0.2, 0.25) is 0 Å². The van der Waals surface area contributed by atoms with Crippen LogP contribution in [0.15, 0.2) is 0 Å². The SMILES string of the molecule is CC1CCC2CC3CC3C1C2. The van der Waals surface area contributed by atoms with Crippen molar-refractivity contribution in [1.82, 2.24) is 0 Å². The first-order chi connectivity index (χ1) is 5.34. The van der Waals surface area contributed by atoms with Gasteiger partial charge in [-0.2, -0.15) is 0 Å². The Morgan fingerprint density at radius 3 is 2.73 bits per heavy atom. The van der Waals surface area contributed by atoms with Crippen LogP contribution >= 0.6 is 0 Å². The van der Waals surface area contributed by atoms with Gasteiger partial charge in [-0.15, -0.1) is 0 Å². The number of hydrogen-bond donors (Lipinski definition) is 0. The molecule has 62 valence electrons. The van der Waals surface area contributed by atoms with Gasteiger partial charge in [-0.3, -0.25) is 0 Å². The smallest absolute Gasteiger partial charge is 0.0352 e. The highest BCUT2D eigenvalue weighted by Gasteiger charge is 2.51. The lowest BCUT2D eigenvalue weighted by Gasteiger charge is -2.38. The second-order valence-corrected chi connectivity index (χ2v) is 5.22. The Labute approximate surface area is 69.4 Å². The standard InChI is InChI=1S/C11H18/c1-7-2-3-8-4-9-6-11(9)10(7)5-8/h7-11H,2-6H2,1H3. The van der Waals surface area contributed by atoms with Crippen molar-refractivity contribution in [2.45, 2.75) is 39.0 Å². The molecular formula is C11H18. The lowest BCUT2D eigenvalue weighted by Crippen LogP contribution is -2.29. The van der Waals surface area contributed by atoms with E-state index in [2.05, 4.69) is 6.92 Å². The Morgan fingerprint density at radius 2 is 1.82 bits per heavy atom. The largest absolute Gasteiger partial charge is 0.0622 e. The summed E-state index contributed by atoms with van der Waals surface area (Å²) in [7, 11) is 0. The summed E-state index contributed by atoms with van der Waals surface area (Å²) in [4.78, 5) is 0. The molecule has 0 heterocycles. The second kappa shape index (κ2) is 2.02. The van der Waals surface area contributed by atoms with Gasteiger partial charge in [-0.05, 0) is 48.9 Å². The third-order valence-corrected chi connectivity index (χ3v) is 4.53. The van der Waals surface area contributed by atoms with Crippen LogP contribution in [0.4, 0.5) is 0 Å². The summed E-state index contributed by atoms with van der Waals surface area (Å²) >= 11 is 0. The quantitative estimate of drug-likeness (QED) is 0.498. The maximum atomic E-state index is 2.49. The van der Waals surface area contributed by atoms with Crippen molar-refractivity contribution in [2.75, 3.05) is 0 Å². The summed E-state index contributed by atoms with van der Waals surface area (Å²) in [5, 5.41) is 0. The van der Waals surface area contributed by atoms with E-state index in [4.69, 9.17) is 0 Å². The molecule has 0 amide bonds. The molecule has 0 aromatic rings. The zero-order chi connectivity index (χ0) is 7.42. The van der Waals surface area contributed by atoms with Gasteiger partial charge in [0.1, 0.15) is 0 Å². The molecule has 11 heavy (non-hydrogen) atoms. The molecule has 3 aliphatic rings. The van der Waals surface area contributed by atoms with E-state index in [-0.39, 0.29) is 0 Å². The van der Waals surface area contributed by atoms with Crippen LogP contribution in [0.5, 0.6) is 0 Å². The van der Waals surface area contributed by atoms with Crippen molar-refractivity contribution in [3.05, 3.63) is 0 Å². The average molecular weight is 150 g/mol. The molecule has 0 N–H and O–H groups in total. The minimum absolute atomic E-state index is 1.07. The predicted octanol–water partition coefficient (Wildman–Crippen LogP) is 3.08. The number of hydrogen-bond acceptors (Lipinski definition) is 0. The Morgan fingerprint density at radius 1 is 0.909 bits per heavy atom. The van der Waals surface area contributed by atoms with E-state index in [1.54, 1.807) is 32.1 Å². The Hall–Kier alpha value is 0. The summed E-state index contributed by atoms with van der Waals surface area (Å²) in [6, 6.07) is 0. The highest BCUT2D eigenvalue weighted by molar-refractivity contribution is 5.00. The zero-order valence-corrected chi connectivity index (χ0v) is 7.42. The van der Waals surface area contributed by atoms with E-state index in [1.807, 2.05) is 0 Å². The van der Waals surface area contributed by atoms with E-state index in [0.717, 1.165) is 17.8 Å². The fourth-order valence-electron chi connectivity index (χ4n) is 3.75. The van der Waals surface area contributed by atoms with E-state index in [0.29, 0.717) is 0 Å². The van der Waals surface area contributed by atoms with Crippen LogP contribution in [0.3, 0.4) is 0 Å². The lowest BCUT2D eigenvalue weighted by molar-refractivity contribution is 0.121. The first kappa shape index (κ1) is 6.51. The Kier molecular flexibility index (Phi) is 1.20. The molecule has 0 radical (unpaired) electrons. The fourth-order valence-corrected chi connectivity index (χ4v) is 3.75. The maximum absolute atomic E-state index is 2.49. The van der Waals surface area contributed by atoms with Crippen molar-refractivity contribution >= 4 is 0 Å². The first-order valence-electron chi connectivity index (χ1n) is 5.34. The zero-order valence-electron chi connectivity index (χ0n) is 7.42.